The van der Waals surface area contributed by atoms with E-state index in [1.54, 1.807) is 20.8 Å². The maximum atomic E-state index is 12.8. The van der Waals surface area contributed by atoms with Crippen molar-refractivity contribution in [2.75, 3.05) is 6.61 Å². The van der Waals surface area contributed by atoms with Crippen molar-refractivity contribution < 1.29 is 56.0 Å². The van der Waals surface area contributed by atoms with Crippen LogP contribution in [0.5, 0.6) is 0 Å². The highest BCUT2D eigenvalue weighted by Gasteiger charge is 2.63. The van der Waals surface area contributed by atoms with E-state index in [9.17, 15) is 27.6 Å². The molecule has 0 radical (unpaired) electrons. The van der Waals surface area contributed by atoms with Crippen molar-refractivity contribution >= 4 is 17.9 Å². The lowest BCUT2D eigenvalue weighted by molar-refractivity contribution is -0.187. The molecule has 3 aliphatic rings. The first kappa shape index (κ1) is 24.4. The summed E-state index contributed by atoms with van der Waals surface area (Å²) in [6, 6.07) is 4.25. The van der Waals surface area contributed by atoms with E-state index in [0.29, 0.717) is 12.0 Å². The lowest BCUT2D eigenvalue weighted by Crippen LogP contribution is -2.37. The van der Waals surface area contributed by atoms with Gasteiger partial charge in [-0.2, -0.15) is 13.2 Å². The fourth-order valence-electron chi connectivity index (χ4n) is 3.65. The van der Waals surface area contributed by atoms with Gasteiger partial charge in [0.15, 0.2) is 31.4 Å². The summed E-state index contributed by atoms with van der Waals surface area (Å²) in [6.07, 6.45) is -10.2. The summed E-state index contributed by atoms with van der Waals surface area (Å²) in [6.45, 7) is 4.46. The van der Waals surface area contributed by atoms with Crippen LogP contribution in [0.15, 0.2) is 24.3 Å². The molecule has 1 aromatic carbocycles. The van der Waals surface area contributed by atoms with Crippen molar-refractivity contribution in [3.63, 3.8) is 0 Å². The first-order valence-corrected chi connectivity index (χ1v) is 10.6. The summed E-state index contributed by atoms with van der Waals surface area (Å²) in [5.41, 5.74) is -1.27. The van der Waals surface area contributed by atoms with Gasteiger partial charge in [-0.1, -0.05) is 19.1 Å². The van der Waals surface area contributed by atoms with E-state index in [0.717, 1.165) is 12.1 Å². The van der Waals surface area contributed by atoms with Crippen molar-refractivity contribution in [3.05, 3.63) is 35.4 Å². The molecule has 186 valence electrons. The number of benzene rings is 1. The Balaban J connectivity index is 1.33. The summed E-state index contributed by atoms with van der Waals surface area (Å²) >= 11 is 0. The minimum atomic E-state index is -4.47. The molecule has 6 atom stereocenters. The van der Waals surface area contributed by atoms with Crippen molar-refractivity contribution in [3.8, 4) is 0 Å². The Hall–Kier alpha value is -2.70. The zero-order valence-electron chi connectivity index (χ0n) is 18.5. The molecule has 3 fully saturated rings. The second-order valence-electron chi connectivity index (χ2n) is 8.78. The van der Waals surface area contributed by atoms with Gasteiger partial charge in [0.05, 0.1) is 11.0 Å². The van der Waals surface area contributed by atoms with E-state index in [-0.39, 0.29) is 0 Å². The van der Waals surface area contributed by atoms with Crippen molar-refractivity contribution in [1.82, 2.24) is 0 Å². The first-order chi connectivity index (χ1) is 15.9. The quantitative estimate of drug-likeness (QED) is 0.441. The first-order valence-electron chi connectivity index (χ1n) is 10.6. The highest BCUT2D eigenvalue weighted by molar-refractivity contribution is 5.84. The molecular formula is C22H23F3O9. The highest BCUT2D eigenvalue weighted by Crippen LogP contribution is 2.44. The van der Waals surface area contributed by atoms with Gasteiger partial charge < -0.3 is 28.4 Å². The van der Waals surface area contributed by atoms with Crippen molar-refractivity contribution in [2.24, 2.45) is 5.41 Å². The number of alkyl halides is 3. The summed E-state index contributed by atoms with van der Waals surface area (Å²) in [5.74, 6) is -2.39. The van der Waals surface area contributed by atoms with E-state index in [1.807, 2.05) is 0 Å². The summed E-state index contributed by atoms with van der Waals surface area (Å²) in [5, 5.41) is 0. The summed E-state index contributed by atoms with van der Waals surface area (Å²) < 4.78 is 70.6. The molecule has 0 bridgehead atoms. The smallest absolute Gasteiger partial charge is 0.416 e. The minimum Gasteiger partial charge on any atom is -0.454 e. The molecule has 0 aliphatic carbocycles. The number of hydrogen-bond acceptors (Lipinski definition) is 9. The second-order valence-corrected chi connectivity index (χ2v) is 8.78. The lowest BCUT2D eigenvalue weighted by Gasteiger charge is -2.21. The van der Waals surface area contributed by atoms with Crippen LogP contribution in [0.2, 0.25) is 0 Å². The fraction of sp³-hybridized carbons (Fsp3) is 0.591. The summed E-state index contributed by atoms with van der Waals surface area (Å²) in [4.78, 5) is 36.4. The van der Waals surface area contributed by atoms with Gasteiger partial charge in [-0.25, -0.2) is 9.59 Å². The van der Waals surface area contributed by atoms with Crippen LogP contribution in [-0.2, 0) is 49.0 Å². The average Bonchev–Trinajstić information content (AvgIpc) is 3.42. The second kappa shape index (κ2) is 8.82. The molecule has 9 nitrogen and oxygen atoms in total. The number of carbonyl (C=O) groups excluding carboxylic acids is 3. The standard InChI is InChI=1S/C22H23F3O9/c1-4-21(2,3)20(28)29-9-12(26)30-15-13-14(31-17(15)27)16-19(32-13)34-18(33-16)10-5-7-11(8-6-10)22(23,24)25/h5-8,13-16,18-19H,4,9H2,1-3H3. The average molecular weight is 488 g/mol. The SMILES string of the molecule is CCC(C)(C)C(=O)OCC(=O)OC1C(=O)OC2C3OC(c4ccc(C(F)(F)F)cc4)OC3OC12. The molecule has 4 rings (SSSR count). The van der Waals surface area contributed by atoms with Crippen LogP contribution >= 0.6 is 0 Å². The van der Waals surface area contributed by atoms with Gasteiger partial charge in [-0.15, -0.1) is 0 Å². The van der Waals surface area contributed by atoms with E-state index < -0.39 is 78.7 Å². The van der Waals surface area contributed by atoms with Crippen LogP contribution in [0.1, 0.15) is 44.6 Å². The summed E-state index contributed by atoms with van der Waals surface area (Å²) in [7, 11) is 0. The molecule has 34 heavy (non-hydrogen) atoms. The van der Waals surface area contributed by atoms with Gasteiger partial charge in [0.1, 0.15) is 6.10 Å². The molecular weight excluding hydrogens is 465 g/mol. The molecule has 0 saturated carbocycles. The number of rotatable bonds is 6. The fourth-order valence-corrected chi connectivity index (χ4v) is 3.65. The number of esters is 3. The highest BCUT2D eigenvalue weighted by atomic mass is 19.4. The Morgan fingerprint density at radius 2 is 1.68 bits per heavy atom. The largest absolute Gasteiger partial charge is 0.454 e. The molecule has 3 heterocycles. The zero-order valence-corrected chi connectivity index (χ0v) is 18.5. The van der Waals surface area contributed by atoms with Crippen LogP contribution in [0.4, 0.5) is 13.2 Å². The number of hydrogen-bond donors (Lipinski definition) is 0. The molecule has 0 amide bonds. The molecule has 6 unspecified atom stereocenters. The number of halogens is 3. The van der Waals surface area contributed by atoms with Crippen LogP contribution < -0.4 is 0 Å². The molecule has 0 aromatic heterocycles. The Bertz CT molecular complexity index is 959. The number of carbonyl (C=O) groups is 3. The monoisotopic (exact) mass is 488 g/mol. The molecule has 0 N–H and O–H groups in total. The van der Waals surface area contributed by atoms with Gasteiger partial charge in [-0.3, -0.25) is 4.79 Å². The predicted octanol–water partition coefficient (Wildman–Crippen LogP) is 2.66. The van der Waals surface area contributed by atoms with E-state index in [1.165, 1.54) is 12.1 Å². The Kier molecular flexibility index (Phi) is 6.34. The maximum absolute atomic E-state index is 12.8. The molecule has 3 saturated heterocycles. The third-order valence-electron chi connectivity index (χ3n) is 6.05. The topological polar surface area (TPSA) is 107 Å². The van der Waals surface area contributed by atoms with Crippen LogP contribution in [0, 0.1) is 5.41 Å². The van der Waals surface area contributed by atoms with Gasteiger partial charge in [0.2, 0.25) is 6.10 Å². The van der Waals surface area contributed by atoms with Crippen LogP contribution in [0.25, 0.3) is 0 Å². The van der Waals surface area contributed by atoms with Gasteiger partial charge in [-0.05, 0) is 32.4 Å². The molecule has 3 aliphatic heterocycles. The van der Waals surface area contributed by atoms with Crippen molar-refractivity contribution in [2.45, 2.75) is 70.4 Å². The molecule has 12 heteroatoms. The van der Waals surface area contributed by atoms with E-state index >= 15 is 0 Å². The van der Waals surface area contributed by atoms with Gasteiger partial charge in [0, 0.05) is 5.56 Å². The van der Waals surface area contributed by atoms with Crippen molar-refractivity contribution in [1.29, 1.82) is 0 Å². The third-order valence-corrected chi connectivity index (χ3v) is 6.05. The van der Waals surface area contributed by atoms with Gasteiger partial charge in [0.25, 0.3) is 0 Å². The minimum absolute atomic E-state index is 0.326. The Morgan fingerprint density at radius 1 is 1.00 bits per heavy atom. The van der Waals surface area contributed by atoms with Crippen LogP contribution in [-0.4, -0.2) is 55.2 Å². The Morgan fingerprint density at radius 3 is 2.29 bits per heavy atom. The molecule has 0 spiro atoms. The lowest BCUT2D eigenvalue weighted by atomic mass is 9.91. The predicted molar refractivity (Wildman–Crippen MR) is 104 cm³/mol. The van der Waals surface area contributed by atoms with Crippen LogP contribution in [0.3, 0.4) is 0 Å². The van der Waals surface area contributed by atoms with E-state index in [4.69, 9.17) is 28.4 Å². The Labute approximate surface area is 192 Å². The zero-order chi connectivity index (χ0) is 24.8. The normalized spacial score (nSPS) is 30.5. The maximum Gasteiger partial charge on any atom is 0.416 e. The number of fused-ring (bicyclic) bond motifs is 3. The van der Waals surface area contributed by atoms with Gasteiger partial charge >= 0.3 is 24.1 Å². The number of ether oxygens (including phenoxy) is 6. The van der Waals surface area contributed by atoms with E-state index in [2.05, 4.69) is 0 Å². The molecule has 1 aromatic rings. The third kappa shape index (κ3) is 4.62.